The molecule has 4 nitrogen and oxygen atoms in total. The number of methoxy groups -OCH3 is 1. The summed E-state index contributed by atoms with van der Waals surface area (Å²) in [5.74, 6) is 0.703. The van der Waals surface area contributed by atoms with Crippen LogP contribution in [0.1, 0.15) is 25.0 Å². The Hall–Kier alpha value is -1.36. The van der Waals surface area contributed by atoms with Gasteiger partial charge in [-0.15, -0.1) is 0 Å². The average Bonchev–Trinajstić information content (AvgIpc) is 3.00. The first kappa shape index (κ1) is 13.6. The minimum atomic E-state index is -0.824. The molecule has 2 heterocycles. The molecule has 1 aromatic carbocycles. The monoisotopic (exact) mass is 340 g/mol. The number of alkyl halides is 1. The Morgan fingerprint density at radius 1 is 1.25 bits per heavy atom. The second kappa shape index (κ2) is 4.58. The van der Waals surface area contributed by atoms with Crippen molar-refractivity contribution in [1.82, 2.24) is 0 Å². The summed E-state index contributed by atoms with van der Waals surface area (Å²) in [5, 5.41) is 0.527. The smallest absolute Gasteiger partial charge is 0.286 e. The molecule has 0 saturated heterocycles. The summed E-state index contributed by atoms with van der Waals surface area (Å²) in [7, 11) is 1.64. The van der Waals surface area contributed by atoms with E-state index in [2.05, 4.69) is 35.8 Å². The molecule has 0 saturated carbocycles. The van der Waals surface area contributed by atoms with E-state index in [1.165, 1.54) is 0 Å². The van der Waals surface area contributed by atoms with E-state index in [1.54, 1.807) is 19.6 Å². The fourth-order valence-corrected chi connectivity index (χ4v) is 3.22. The van der Waals surface area contributed by atoms with Crippen LogP contribution in [0.25, 0.3) is 0 Å². The highest BCUT2D eigenvalue weighted by molar-refractivity contribution is 9.09. The molecule has 0 radical (unpaired) electrons. The molecule has 1 aromatic rings. The molecule has 3 rings (SSSR count). The van der Waals surface area contributed by atoms with E-state index >= 15 is 0 Å². The first-order chi connectivity index (χ1) is 9.50. The summed E-state index contributed by atoms with van der Waals surface area (Å²) < 4.78 is 22.7. The highest BCUT2D eigenvalue weighted by Crippen LogP contribution is 2.46. The molecule has 0 atom stereocenters. The first-order valence-electron chi connectivity index (χ1n) is 6.47. The third-order valence-electron chi connectivity index (χ3n) is 3.53. The van der Waals surface area contributed by atoms with Crippen LogP contribution in [0.4, 0.5) is 0 Å². The number of ether oxygens (including phenoxy) is 4. The van der Waals surface area contributed by atoms with Crippen molar-refractivity contribution in [2.45, 2.75) is 31.7 Å². The molecule has 2 aliphatic rings. The summed E-state index contributed by atoms with van der Waals surface area (Å²) in [5.41, 5.74) is 1.81. The quantitative estimate of drug-likeness (QED) is 0.789. The summed E-state index contributed by atoms with van der Waals surface area (Å²) in [6.45, 7) is 4.13. The van der Waals surface area contributed by atoms with E-state index in [4.69, 9.17) is 18.9 Å². The second-order valence-corrected chi connectivity index (χ2v) is 6.16. The molecule has 2 aliphatic heterocycles. The zero-order chi connectivity index (χ0) is 14.4. The van der Waals surface area contributed by atoms with Gasteiger partial charge in [0.05, 0.1) is 12.4 Å². The lowest BCUT2D eigenvalue weighted by Crippen LogP contribution is -2.29. The third-order valence-corrected chi connectivity index (χ3v) is 4.27. The highest BCUT2D eigenvalue weighted by atomic mass is 79.9. The molecule has 108 valence electrons. The van der Waals surface area contributed by atoms with Gasteiger partial charge in [0.2, 0.25) is 0 Å². The van der Waals surface area contributed by atoms with Crippen molar-refractivity contribution in [2.24, 2.45) is 0 Å². The molecule has 0 bridgehead atoms. The molecule has 0 aromatic heterocycles. The summed E-state index contributed by atoms with van der Waals surface area (Å²) in [6, 6.07) is 3.98. The molecule has 20 heavy (non-hydrogen) atoms. The zero-order valence-electron chi connectivity index (χ0n) is 11.7. The third kappa shape index (κ3) is 2.04. The predicted molar refractivity (Wildman–Crippen MR) is 78.2 cm³/mol. The minimum Gasteiger partial charge on any atom is -0.493 e. The van der Waals surface area contributed by atoms with Gasteiger partial charge in [-0.2, -0.15) is 0 Å². The van der Waals surface area contributed by atoms with E-state index < -0.39 is 5.79 Å². The average molecular weight is 341 g/mol. The normalized spacial score (nSPS) is 20.8. The zero-order valence-corrected chi connectivity index (χ0v) is 13.3. The van der Waals surface area contributed by atoms with Gasteiger partial charge in [0.1, 0.15) is 18.1 Å². The Labute approximate surface area is 126 Å². The van der Waals surface area contributed by atoms with E-state index in [1.807, 2.05) is 6.07 Å². The van der Waals surface area contributed by atoms with Gasteiger partial charge in [0, 0.05) is 17.5 Å². The largest absolute Gasteiger partial charge is 0.493 e. The second-order valence-electron chi connectivity index (χ2n) is 5.60. The Balaban J connectivity index is 2.07. The molecule has 0 spiro atoms. The van der Waals surface area contributed by atoms with Gasteiger partial charge in [0.15, 0.2) is 11.5 Å². The maximum Gasteiger partial charge on any atom is 0.286 e. The molecule has 0 N–H and O–H groups in total. The Morgan fingerprint density at radius 3 is 2.55 bits per heavy atom. The lowest BCUT2D eigenvalue weighted by Gasteiger charge is -2.26. The SMILES string of the molecule is COc1cc(C2(CBr)OC=CO2)cc2c1OC(C)(C)C2. The summed E-state index contributed by atoms with van der Waals surface area (Å²) in [6.07, 6.45) is 3.95. The molecular formula is C15H17BrO4. The predicted octanol–water partition coefficient (Wildman–Crippen LogP) is 3.47. The van der Waals surface area contributed by atoms with Crippen molar-refractivity contribution < 1.29 is 18.9 Å². The highest BCUT2D eigenvalue weighted by Gasteiger charge is 2.41. The minimum absolute atomic E-state index is 0.217. The number of rotatable bonds is 3. The Kier molecular flexibility index (Phi) is 3.12. The van der Waals surface area contributed by atoms with Crippen LogP contribution in [-0.2, 0) is 21.7 Å². The van der Waals surface area contributed by atoms with Crippen molar-refractivity contribution in [3.8, 4) is 11.5 Å². The van der Waals surface area contributed by atoms with E-state index in [9.17, 15) is 0 Å². The topological polar surface area (TPSA) is 36.9 Å². The molecule has 0 fully saturated rings. The molecular weight excluding hydrogens is 324 g/mol. The van der Waals surface area contributed by atoms with Crippen LogP contribution < -0.4 is 9.47 Å². The first-order valence-corrected chi connectivity index (χ1v) is 7.59. The van der Waals surface area contributed by atoms with Crippen molar-refractivity contribution >= 4 is 15.9 Å². The van der Waals surface area contributed by atoms with E-state index in [0.29, 0.717) is 11.1 Å². The van der Waals surface area contributed by atoms with Crippen LogP contribution in [0.15, 0.2) is 24.7 Å². The number of halogens is 1. The van der Waals surface area contributed by atoms with Crippen LogP contribution in [0.2, 0.25) is 0 Å². The molecule has 0 aliphatic carbocycles. The molecule has 0 unspecified atom stereocenters. The number of hydrogen-bond donors (Lipinski definition) is 0. The Morgan fingerprint density at radius 2 is 1.95 bits per heavy atom. The van der Waals surface area contributed by atoms with Gasteiger partial charge in [-0.3, -0.25) is 0 Å². The van der Waals surface area contributed by atoms with Gasteiger partial charge < -0.3 is 18.9 Å². The van der Waals surface area contributed by atoms with Crippen LogP contribution in [-0.4, -0.2) is 18.0 Å². The standard InChI is InChI=1S/C15H17BrO4/c1-14(2)8-10-6-11(7-12(17-3)13(10)20-14)15(9-16)18-4-5-19-15/h4-7H,8-9H2,1-3H3. The van der Waals surface area contributed by atoms with Crippen LogP contribution in [0, 0.1) is 0 Å². The van der Waals surface area contributed by atoms with Gasteiger partial charge in [-0.05, 0) is 26.0 Å². The van der Waals surface area contributed by atoms with Gasteiger partial charge in [-0.25, -0.2) is 0 Å². The molecule has 0 amide bonds. The maximum atomic E-state index is 5.97. The number of benzene rings is 1. The lowest BCUT2D eigenvalue weighted by molar-refractivity contribution is -0.127. The fourth-order valence-electron chi connectivity index (χ4n) is 2.63. The number of fused-ring (bicyclic) bond motifs is 1. The summed E-state index contributed by atoms with van der Waals surface area (Å²) in [4.78, 5) is 0. The van der Waals surface area contributed by atoms with E-state index in [0.717, 1.165) is 23.3 Å². The van der Waals surface area contributed by atoms with Crippen molar-refractivity contribution in [1.29, 1.82) is 0 Å². The van der Waals surface area contributed by atoms with Gasteiger partial charge in [0.25, 0.3) is 5.79 Å². The number of hydrogen-bond acceptors (Lipinski definition) is 4. The van der Waals surface area contributed by atoms with Crippen molar-refractivity contribution in [3.05, 3.63) is 35.8 Å². The van der Waals surface area contributed by atoms with Gasteiger partial charge >= 0.3 is 0 Å². The molecule has 5 heteroatoms. The van der Waals surface area contributed by atoms with Gasteiger partial charge in [-0.1, -0.05) is 15.9 Å². The van der Waals surface area contributed by atoms with Crippen LogP contribution in [0.3, 0.4) is 0 Å². The maximum absolute atomic E-state index is 5.97. The lowest BCUT2D eigenvalue weighted by atomic mass is 9.97. The van der Waals surface area contributed by atoms with Crippen LogP contribution >= 0.6 is 15.9 Å². The van der Waals surface area contributed by atoms with Crippen LogP contribution in [0.5, 0.6) is 11.5 Å². The van der Waals surface area contributed by atoms with E-state index in [-0.39, 0.29) is 5.60 Å². The Bertz CT molecular complexity index is 557. The van der Waals surface area contributed by atoms with Crippen molar-refractivity contribution in [2.75, 3.05) is 12.4 Å². The van der Waals surface area contributed by atoms with Crippen molar-refractivity contribution in [3.63, 3.8) is 0 Å². The fraction of sp³-hybridized carbons (Fsp3) is 0.467. The summed E-state index contributed by atoms with van der Waals surface area (Å²) >= 11 is 3.46.